The molecule has 0 saturated heterocycles. The van der Waals surface area contributed by atoms with Crippen molar-refractivity contribution in [3.8, 4) is 11.6 Å². The maximum absolute atomic E-state index is 15.1. The zero-order valence-electron chi connectivity index (χ0n) is 25.5. The van der Waals surface area contributed by atoms with Crippen molar-refractivity contribution >= 4 is 11.5 Å². The number of halogens is 6. The SMILES string of the molecule is CC1(C)Nc2nc(c([N+](=O)[O-])cc2C(F)(F)F)-c2nnc(o2)[C@@](OCc2ccccc2)(C(F)(F)F)C/C=C/CC1OCc1ccccc1. The lowest BCUT2D eigenvalue weighted by Crippen LogP contribution is -2.46. The predicted octanol–water partition coefficient (Wildman–Crippen LogP) is 8.16. The van der Waals surface area contributed by atoms with Crippen LogP contribution < -0.4 is 5.32 Å². The van der Waals surface area contributed by atoms with Gasteiger partial charge in [0.1, 0.15) is 11.4 Å². The molecule has 254 valence electrons. The van der Waals surface area contributed by atoms with Crippen LogP contribution in [0.1, 0.15) is 49.3 Å². The van der Waals surface area contributed by atoms with Crippen LogP contribution in [0.4, 0.5) is 37.8 Å². The molecule has 0 amide bonds. The van der Waals surface area contributed by atoms with Crippen molar-refractivity contribution in [1.82, 2.24) is 15.2 Å². The van der Waals surface area contributed by atoms with Gasteiger partial charge in [0.2, 0.25) is 11.3 Å². The van der Waals surface area contributed by atoms with Crippen LogP contribution in [-0.2, 0) is 34.5 Å². The third-order valence-corrected chi connectivity index (χ3v) is 7.73. The van der Waals surface area contributed by atoms with Gasteiger partial charge in [0, 0.05) is 12.5 Å². The number of anilines is 1. The van der Waals surface area contributed by atoms with E-state index in [1.54, 1.807) is 60.7 Å². The molecule has 1 N–H and O–H groups in total. The molecule has 5 rings (SSSR count). The van der Waals surface area contributed by atoms with Crippen LogP contribution in [0.2, 0.25) is 0 Å². The maximum Gasteiger partial charge on any atom is 0.426 e. The van der Waals surface area contributed by atoms with E-state index in [0.717, 1.165) is 5.56 Å². The monoisotopic (exact) mass is 677 g/mol. The molecule has 4 bridgehead atoms. The topological polar surface area (TPSA) is 125 Å². The summed E-state index contributed by atoms with van der Waals surface area (Å²) in [6.45, 7) is 2.50. The average molecular weight is 678 g/mol. The number of rotatable bonds is 7. The smallest absolute Gasteiger partial charge is 0.415 e. The number of benzene rings is 2. The molecule has 48 heavy (non-hydrogen) atoms. The number of hydrogen-bond donors (Lipinski definition) is 1. The summed E-state index contributed by atoms with van der Waals surface area (Å²) in [5.74, 6) is -2.89. The third-order valence-electron chi connectivity index (χ3n) is 7.73. The van der Waals surface area contributed by atoms with E-state index in [4.69, 9.17) is 13.9 Å². The van der Waals surface area contributed by atoms with Crippen LogP contribution >= 0.6 is 0 Å². The fourth-order valence-corrected chi connectivity index (χ4v) is 5.10. The highest BCUT2D eigenvalue weighted by molar-refractivity contribution is 5.68. The minimum Gasteiger partial charge on any atom is -0.415 e. The first-order valence-electron chi connectivity index (χ1n) is 14.5. The molecule has 2 aromatic carbocycles. The van der Waals surface area contributed by atoms with Gasteiger partial charge in [-0.15, -0.1) is 10.2 Å². The molecule has 0 fully saturated rings. The molecule has 4 aromatic rings. The zero-order chi connectivity index (χ0) is 34.7. The van der Waals surface area contributed by atoms with E-state index in [9.17, 15) is 23.3 Å². The molecule has 1 aliphatic rings. The molecular weight excluding hydrogens is 648 g/mol. The first kappa shape index (κ1) is 34.5. The fourth-order valence-electron chi connectivity index (χ4n) is 5.10. The van der Waals surface area contributed by atoms with E-state index >= 15 is 13.2 Å². The maximum atomic E-state index is 15.1. The van der Waals surface area contributed by atoms with Gasteiger partial charge in [-0.3, -0.25) is 10.1 Å². The van der Waals surface area contributed by atoms with Gasteiger partial charge < -0.3 is 19.2 Å². The highest BCUT2D eigenvalue weighted by Gasteiger charge is 2.61. The van der Waals surface area contributed by atoms with E-state index in [0.29, 0.717) is 5.56 Å². The van der Waals surface area contributed by atoms with Crippen LogP contribution in [0.5, 0.6) is 0 Å². The van der Waals surface area contributed by atoms with Crippen LogP contribution in [0, 0.1) is 10.1 Å². The summed E-state index contributed by atoms with van der Waals surface area (Å²) in [6, 6.07) is 17.0. The van der Waals surface area contributed by atoms with Crippen molar-refractivity contribution < 1.29 is 45.2 Å². The van der Waals surface area contributed by atoms with Crippen molar-refractivity contribution in [3.63, 3.8) is 0 Å². The number of aromatic nitrogens is 3. The summed E-state index contributed by atoms with van der Waals surface area (Å²) in [4.78, 5) is 14.7. The summed E-state index contributed by atoms with van der Waals surface area (Å²) >= 11 is 0. The number of hydrogen-bond acceptors (Lipinski definition) is 9. The lowest BCUT2D eigenvalue weighted by Gasteiger charge is -2.36. The fraction of sp³-hybridized carbons (Fsp3) is 0.344. The van der Waals surface area contributed by atoms with E-state index in [-0.39, 0.29) is 19.1 Å². The lowest BCUT2D eigenvalue weighted by atomic mass is 9.92. The molecule has 10 nitrogen and oxygen atoms in total. The molecule has 1 aliphatic heterocycles. The Bertz CT molecular complexity index is 1760. The Hall–Kier alpha value is -4.83. The Kier molecular flexibility index (Phi) is 9.60. The van der Waals surface area contributed by atoms with Gasteiger partial charge in [0.15, 0.2) is 0 Å². The Morgan fingerprint density at radius 2 is 1.58 bits per heavy atom. The van der Waals surface area contributed by atoms with Crippen LogP contribution in [0.25, 0.3) is 11.6 Å². The van der Waals surface area contributed by atoms with Gasteiger partial charge in [-0.2, -0.15) is 26.3 Å². The highest BCUT2D eigenvalue weighted by atomic mass is 19.4. The molecule has 2 atom stereocenters. The van der Waals surface area contributed by atoms with E-state index in [1.807, 2.05) is 0 Å². The van der Waals surface area contributed by atoms with Crippen molar-refractivity contribution in [3.05, 3.63) is 112 Å². The van der Waals surface area contributed by atoms with Gasteiger partial charge in [-0.25, -0.2) is 4.98 Å². The standard InChI is InChI=1S/C32H29F6N5O5/c1-29(2)24(46-18-20-11-5-3-6-12-20)15-9-10-16-30(32(36,37)38,47-19-21-13-7-4-8-14-21)28-42-41-27(48-28)25-23(43(44)45)17-22(31(33,34)35)26(39-25)40-29/h3-14,17,24H,15-16,18-19H2,1-2H3,(H,39,40)/b10-9+/t24?,30-/m1/s1. The van der Waals surface area contributed by atoms with Gasteiger partial charge in [0.25, 0.3) is 11.8 Å². The average Bonchev–Trinajstić information content (AvgIpc) is 3.51. The highest BCUT2D eigenvalue weighted by Crippen LogP contribution is 2.47. The summed E-state index contributed by atoms with van der Waals surface area (Å²) in [5.41, 5.74) is -7.10. The molecule has 3 heterocycles. The van der Waals surface area contributed by atoms with Crippen LogP contribution in [0.3, 0.4) is 0 Å². The van der Waals surface area contributed by atoms with E-state index in [1.165, 1.54) is 26.0 Å². The second-order valence-corrected chi connectivity index (χ2v) is 11.6. The second-order valence-electron chi connectivity index (χ2n) is 11.6. The predicted molar refractivity (Wildman–Crippen MR) is 159 cm³/mol. The molecule has 0 radical (unpaired) electrons. The number of ether oxygens (including phenoxy) is 2. The molecule has 1 unspecified atom stereocenters. The lowest BCUT2D eigenvalue weighted by molar-refractivity contribution is -0.384. The Morgan fingerprint density at radius 3 is 2.17 bits per heavy atom. The summed E-state index contributed by atoms with van der Waals surface area (Å²) in [5, 5.41) is 21.8. The minimum absolute atomic E-state index is 0.0175. The van der Waals surface area contributed by atoms with Crippen LogP contribution in [-0.4, -0.2) is 37.9 Å². The number of fused-ring (bicyclic) bond motifs is 5. The molecular formula is C32H29F6N5O5. The van der Waals surface area contributed by atoms with Crippen molar-refractivity contribution in [2.45, 2.75) is 69.5 Å². The first-order chi connectivity index (χ1) is 22.6. The van der Waals surface area contributed by atoms with Gasteiger partial charge in [-0.05, 0) is 31.4 Å². The van der Waals surface area contributed by atoms with Gasteiger partial charge in [-0.1, -0.05) is 72.8 Å². The number of nitrogens with one attached hydrogen (secondary N) is 1. The first-order valence-corrected chi connectivity index (χ1v) is 14.5. The largest absolute Gasteiger partial charge is 0.426 e. The second kappa shape index (κ2) is 13.4. The van der Waals surface area contributed by atoms with E-state index < -0.39 is 82.1 Å². The zero-order valence-corrected chi connectivity index (χ0v) is 25.5. The Balaban J connectivity index is 1.69. The van der Waals surface area contributed by atoms with Crippen molar-refractivity contribution in [2.75, 3.05) is 5.32 Å². The Morgan fingerprint density at radius 1 is 0.958 bits per heavy atom. The molecule has 0 saturated carbocycles. The number of nitro groups is 1. The van der Waals surface area contributed by atoms with Gasteiger partial charge >= 0.3 is 18.0 Å². The number of nitrogens with zero attached hydrogens (tertiary/aromatic N) is 4. The van der Waals surface area contributed by atoms with Crippen LogP contribution in [0.15, 0.2) is 83.3 Å². The van der Waals surface area contributed by atoms with E-state index in [2.05, 4.69) is 20.5 Å². The van der Waals surface area contributed by atoms with Crippen molar-refractivity contribution in [2.24, 2.45) is 0 Å². The number of pyridine rings is 1. The van der Waals surface area contributed by atoms with Crippen molar-refractivity contribution in [1.29, 1.82) is 0 Å². The minimum atomic E-state index is -5.18. The summed E-state index contributed by atoms with van der Waals surface area (Å²) < 4.78 is 105. The molecule has 16 heteroatoms. The summed E-state index contributed by atoms with van der Waals surface area (Å²) in [6.07, 6.45) is -9.61. The molecule has 0 aliphatic carbocycles. The molecule has 0 spiro atoms. The normalized spacial score (nSPS) is 20.4. The quantitative estimate of drug-likeness (QED) is 0.0893. The molecule has 2 aromatic heterocycles. The Labute approximate surface area is 269 Å². The van der Waals surface area contributed by atoms with Gasteiger partial charge in [0.05, 0.1) is 29.8 Å². The number of alkyl halides is 6. The third kappa shape index (κ3) is 7.33. The summed E-state index contributed by atoms with van der Waals surface area (Å²) in [7, 11) is 0.